The van der Waals surface area contributed by atoms with Crippen molar-refractivity contribution in [2.45, 2.75) is 20.8 Å². The van der Waals surface area contributed by atoms with Gasteiger partial charge in [0.15, 0.2) is 0 Å². The molecule has 0 atom stereocenters. The Morgan fingerprint density at radius 2 is 2.19 bits per heavy atom. The Kier molecular flexibility index (Phi) is 2.38. The topological polar surface area (TPSA) is 70.7 Å². The third-order valence-corrected chi connectivity index (χ3v) is 2.20. The average Bonchev–Trinajstić information content (AvgIpc) is 2.58. The molecule has 0 spiro atoms. The maximum Gasteiger partial charge on any atom is 0.232 e. The smallest absolute Gasteiger partial charge is 0.232 e. The molecule has 5 heteroatoms. The molecule has 2 rings (SSSR count). The number of fused-ring (bicyclic) bond motifs is 1. The van der Waals surface area contributed by atoms with Gasteiger partial charge in [-0.05, 0) is 6.07 Å². The number of nitrogens with one attached hydrogen (secondary N) is 2. The third kappa shape index (κ3) is 2.03. The highest BCUT2D eigenvalue weighted by molar-refractivity contribution is 5.94. The van der Waals surface area contributed by atoms with E-state index in [9.17, 15) is 4.79 Å². The summed E-state index contributed by atoms with van der Waals surface area (Å²) in [5.41, 5.74) is 1.17. The minimum atomic E-state index is -0.433. The summed E-state index contributed by atoms with van der Waals surface area (Å²) in [5.74, 6) is 0.391. The lowest BCUT2D eigenvalue weighted by molar-refractivity contribution is -0.123. The van der Waals surface area contributed by atoms with Crippen molar-refractivity contribution < 1.29 is 4.79 Å². The lowest BCUT2D eigenvalue weighted by atomic mass is 9.96. The fourth-order valence-electron chi connectivity index (χ4n) is 1.21. The van der Waals surface area contributed by atoms with Gasteiger partial charge >= 0.3 is 0 Å². The van der Waals surface area contributed by atoms with Gasteiger partial charge in [0.05, 0.1) is 17.2 Å². The van der Waals surface area contributed by atoms with E-state index in [1.54, 1.807) is 18.5 Å². The van der Waals surface area contributed by atoms with E-state index in [-0.39, 0.29) is 5.91 Å². The molecule has 0 fully saturated rings. The van der Waals surface area contributed by atoms with E-state index < -0.39 is 5.41 Å². The Hall–Kier alpha value is -1.91. The monoisotopic (exact) mass is 218 g/mol. The van der Waals surface area contributed by atoms with Crippen molar-refractivity contribution >= 4 is 22.9 Å². The van der Waals surface area contributed by atoms with Crippen molar-refractivity contribution in [3.63, 3.8) is 0 Å². The van der Waals surface area contributed by atoms with Gasteiger partial charge < -0.3 is 4.98 Å². The van der Waals surface area contributed by atoms with Crippen LogP contribution >= 0.6 is 0 Å². The highest BCUT2D eigenvalue weighted by Crippen LogP contribution is 2.17. The molecule has 2 aromatic heterocycles. The molecule has 0 bridgehead atoms. The lowest BCUT2D eigenvalue weighted by Crippen LogP contribution is -2.28. The molecule has 0 saturated carbocycles. The number of H-pyrrole nitrogens is 1. The van der Waals surface area contributed by atoms with Crippen LogP contribution in [-0.4, -0.2) is 20.9 Å². The average molecular weight is 218 g/mol. The van der Waals surface area contributed by atoms with E-state index in [1.807, 2.05) is 20.8 Å². The molecule has 2 heterocycles. The highest BCUT2D eigenvalue weighted by Gasteiger charge is 2.22. The van der Waals surface area contributed by atoms with Gasteiger partial charge in [-0.25, -0.2) is 4.98 Å². The van der Waals surface area contributed by atoms with E-state index in [4.69, 9.17) is 0 Å². The minimum absolute atomic E-state index is 0.0699. The highest BCUT2D eigenvalue weighted by atomic mass is 16.2. The third-order valence-electron chi connectivity index (χ3n) is 2.20. The quantitative estimate of drug-likeness (QED) is 0.768. The summed E-state index contributed by atoms with van der Waals surface area (Å²) in [6, 6.07) is 1.79. The van der Waals surface area contributed by atoms with Crippen LogP contribution in [0.15, 0.2) is 18.5 Å². The van der Waals surface area contributed by atoms with Crippen molar-refractivity contribution in [2.75, 3.05) is 5.32 Å². The van der Waals surface area contributed by atoms with Crippen LogP contribution in [0.3, 0.4) is 0 Å². The first-order valence-electron chi connectivity index (χ1n) is 5.08. The van der Waals surface area contributed by atoms with Gasteiger partial charge in [-0.1, -0.05) is 20.8 Å². The van der Waals surface area contributed by atoms with Gasteiger partial charge in [0, 0.05) is 11.6 Å². The number of aromatic nitrogens is 3. The fraction of sp³-hybridized carbons (Fsp3) is 0.364. The summed E-state index contributed by atoms with van der Waals surface area (Å²) >= 11 is 0. The van der Waals surface area contributed by atoms with Gasteiger partial charge in [-0.3, -0.25) is 15.1 Å². The Morgan fingerprint density at radius 3 is 2.81 bits per heavy atom. The second-order valence-electron chi connectivity index (χ2n) is 4.68. The number of rotatable bonds is 1. The van der Waals surface area contributed by atoms with Crippen LogP contribution < -0.4 is 5.32 Å². The van der Waals surface area contributed by atoms with Crippen LogP contribution in [0.2, 0.25) is 0 Å². The van der Waals surface area contributed by atoms with Crippen molar-refractivity contribution in [1.29, 1.82) is 0 Å². The summed E-state index contributed by atoms with van der Waals surface area (Å²) in [7, 11) is 0. The van der Waals surface area contributed by atoms with Gasteiger partial charge in [0.1, 0.15) is 0 Å². The SMILES string of the molecule is CC(C)(C)C(=O)Nc1nc2ccncc2[nH]1. The molecule has 0 aliphatic rings. The van der Waals surface area contributed by atoms with Crippen LogP contribution in [0.1, 0.15) is 20.8 Å². The van der Waals surface area contributed by atoms with Crippen LogP contribution in [0.25, 0.3) is 11.0 Å². The first kappa shape index (κ1) is 10.6. The van der Waals surface area contributed by atoms with Crippen LogP contribution in [0, 0.1) is 5.41 Å². The van der Waals surface area contributed by atoms with E-state index in [2.05, 4.69) is 20.3 Å². The van der Waals surface area contributed by atoms with Crippen molar-refractivity contribution in [3.8, 4) is 0 Å². The summed E-state index contributed by atoms with van der Waals surface area (Å²) in [4.78, 5) is 22.9. The number of nitrogens with zero attached hydrogens (tertiary/aromatic N) is 2. The summed E-state index contributed by atoms with van der Waals surface area (Å²) in [6.07, 6.45) is 3.34. The number of amides is 1. The normalized spacial score (nSPS) is 11.7. The second kappa shape index (κ2) is 3.59. The standard InChI is InChI=1S/C11H14N4O/c1-11(2,3)9(16)15-10-13-7-4-5-12-6-8(7)14-10/h4-6H,1-3H3,(H2,13,14,15,16). The molecule has 2 aromatic rings. The number of carbonyl (C=O) groups excluding carboxylic acids is 1. The van der Waals surface area contributed by atoms with E-state index in [0.29, 0.717) is 5.95 Å². The Labute approximate surface area is 93.3 Å². The number of imidazole rings is 1. The molecule has 16 heavy (non-hydrogen) atoms. The first-order chi connectivity index (χ1) is 7.47. The Morgan fingerprint density at radius 1 is 1.44 bits per heavy atom. The maximum atomic E-state index is 11.7. The van der Waals surface area contributed by atoms with Crippen LogP contribution in [0.5, 0.6) is 0 Å². The van der Waals surface area contributed by atoms with Crippen molar-refractivity contribution in [2.24, 2.45) is 5.41 Å². The second-order valence-corrected chi connectivity index (χ2v) is 4.68. The summed E-state index contributed by atoms with van der Waals surface area (Å²) in [6.45, 7) is 5.56. The summed E-state index contributed by atoms with van der Waals surface area (Å²) in [5, 5.41) is 2.74. The molecule has 0 aliphatic carbocycles. The van der Waals surface area contributed by atoms with Gasteiger partial charge in [0.25, 0.3) is 0 Å². The lowest BCUT2D eigenvalue weighted by Gasteiger charge is -2.15. The molecular weight excluding hydrogens is 204 g/mol. The van der Waals surface area contributed by atoms with E-state index >= 15 is 0 Å². The number of aromatic amines is 1. The zero-order valence-electron chi connectivity index (χ0n) is 9.53. The number of pyridine rings is 1. The van der Waals surface area contributed by atoms with Gasteiger partial charge in [0.2, 0.25) is 11.9 Å². The molecular formula is C11H14N4O. The molecule has 5 nitrogen and oxygen atoms in total. The largest absolute Gasteiger partial charge is 0.323 e. The molecule has 1 amide bonds. The Balaban J connectivity index is 2.25. The minimum Gasteiger partial charge on any atom is -0.323 e. The molecule has 2 N–H and O–H groups in total. The predicted octanol–water partition coefficient (Wildman–Crippen LogP) is 1.94. The molecule has 0 unspecified atom stereocenters. The molecule has 0 aromatic carbocycles. The van der Waals surface area contributed by atoms with Gasteiger partial charge in [-0.15, -0.1) is 0 Å². The van der Waals surface area contributed by atoms with Crippen LogP contribution in [-0.2, 0) is 4.79 Å². The van der Waals surface area contributed by atoms with Gasteiger partial charge in [-0.2, -0.15) is 0 Å². The van der Waals surface area contributed by atoms with Crippen molar-refractivity contribution in [1.82, 2.24) is 15.0 Å². The number of hydrogen-bond acceptors (Lipinski definition) is 3. The van der Waals surface area contributed by atoms with E-state index in [1.165, 1.54) is 0 Å². The molecule has 84 valence electrons. The van der Waals surface area contributed by atoms with Crippen molar-refractivity contribution in [3.05, 3.63) is 18.5 Å². The summed E-state index contributed by atoms with van der Waals surface area (Å²) < 4.78 is 0. The van der Waals surface area contributed by atoms with Crippen LogP contribution in [0.4, 0.5) is 5.95 Å². The van der Waals surface area contributed by atoms with E-state index in [0.717, 1.165) is 11.0 Å². The fourth-order valence-corrected chi connectivity index (χ4v) is 1.21. The first-order valence-corrected chi connectivity index (χ1v) is 5.08. The molecule has 0 radical (unpaired) electrons. The zero-order chi connectivity index (χ0) is 11.8. The maximum absolute atomic E-state index is 11.7. The molecule has 0 saturated heterocycles. The predicted molar refractivity (Wildman–Crippen MR) is 62.0 cm³/mol. The number of anilines is 1. The molecule has 0 aliphatic heterocycles. The zero-order valence-corrected chi connectivity index (χ0v) is 9.53. The number of hydrogen-bond donors (Lipinski definition) is 2. The Bertz CT molecular complexity index is 491. The number of carbonyl (C=O) groups is 1.